The summed E-state index contributed by atoms with van der Waals surface area (Å²) in [7, 11) is 1.77. The van der Waals surface area contributed by atoms with Crippen LogP contribution in [0.5, 0.6) is 0 Å². The largest absolute Gasteiger partial charge is 0.374 e. The molecule has 0 aliphatic heterocycles. The zero-order valence-electron chi connectivity index (χ0n) is 11.4. The van der Waals surface area contributed by atoms with E-state index in [0.717, 1.165) is 16.8 Å². The normalized spacial score (nSPS) is 10.7. The van der Waals surface area contributed by atoms with Gasteiger partial charge in [0.05, 0.1) is 18.4 Å². The molecule has 0 saturated heterocycles. The van der Waals surface area contributed by atoms with Crippen molar-refractivity contribution < 1.29 is 4.74 Å². The summed E-state index contributed by atoms with van der Waals surface area (Å²) in [5.74, 6) is 0. The van der Waals surface area contributed by atoms with Crippen molar-refractivity contribution in [1.82, 2.24) is 9.78 Å². The highest BCUT2D eigenvalue weighted by molar-refractivity contribution is 5.61. The van der Waals surface area contributed by atoms with Crippen LogP contribution >= 0.6 is 0 Å². The summed E-state index contributed by atoms with van der Waals surface area (Å²) in [6.45, 7) is 4.62. The monoisotopic (exact) mass is 255 g/mol. The van der Waals surface area contributed by atoms with E-state index in [2.05, 4.69) is 11.2 Å². The van der Waals surface area contributed by atoms with Gasteiger partial charge in [-0.1, -0.05) is 18.2 Å². The number of hydrogen-bond donors (Lipinski definition) is 0. The van der Waals surface area contributed by atoms with Gasteiger partial charge in [-0.15, -0.1) is 0 Å². The van der Waals surface area contributed by atoms with E-state index in [1.807, 2.05) is 38.1 Å². The van der Waals surface area contributed by atoms with Crippen LogP contribution in [0, 0.1) is 11.3 Å². The molecule has 4 nitrogen and oxygen atoms in total. The van der Waals surface area contributed by atoms with Gasteiger partial charge in [0.1, 0.15) is 11.8 Å². The lowest BCUT2D eigenvalue weighted by Crippen LogP contribution is -2.02. The molecule has 0 fully saturated rings. The maximum absolute atomic E-state index is 8.95. The Morgan fingerprint density at radius 3 is 2.79 bits per heavy atom. The van der Waals surface area contributed by atoms with Crippen LogP contribution < -0.4 is 0 Å². The Hall–Kier alpha value is -2.12. The van der Waals surface area contributed by atoms with E-state index in [1.165, 1.54) is 0 Å². The van der Waals surface area contributed by atoms with Crippen molar-refractivity contribution in [3.8, 4) is 17.3 Å². The lowest BCUT2D eigenvalue weighted by Gasteiger charge is -2.08. The average molecular weight is 255 g/mol. The number of benzene rings is 1. The Labute approximate surface area is 113 Å². The van der Waals surface area contributed by atoms with Crippen LogP contribution in [0.4, 0.5) is 0 Å². The van der Waals surface area contributed by atoms with E-state index in [0.29, 0.717) is 12.3 Å². The minimum atomic E-state index is 0.212. The first-order valence-electron chi connectivity index (χ1n) is 6.25. The second-order valence-electron chi connectivity index (χ2n) is 4.71. The molecule has 0 radical (unpaired) electrons. The Morgan fingerprint density at radius 1 is 1.37 bits per heavy atom. The molecule has 0 amide bonds. The summed E-state index contributed by atoms with van der Waals surface area (Å²) in [6.07, 6.45) is 0.212. The summed E-state index contributed by atoms with van der Waals surface area (Å²) in [5, 5.41) is 13.3. The Bertz CT molecular complexity index is 608. The van der Waals surface area contributed by atoms with E-state index in [-0.39, 0.29) is 6.10 Å². The summed E-state index contributed by atoms with van der Waals surface area (Å²) >= 11 is 0. The predicted molar refractivity (Wildman–Crippen MR) is 73.3 cm³/mol. The molecule has 1 heterocycles. The number of hydrogen-bond acceptors (Lipinski definition) is 3. The third-order valence-electron chi connectivity index (χ3n) is 2.80. The van der Waals surface area contributed by atoms with Crippen LogP contribution in [0.3, 0.4) is 0 Å². The van der Waals surface area contributed by atoms with E-state index in [9.17, 15) is 0 Å². The molecular weight excluding hydrogens is 238 g/mol. The third-order valence-corrected chi connectivity index (χ3v) is 2.80. The van der Waals surface area contributed by atoms with Gasteiger partial charge in [-0.25, -0.2) is 0 Å². The molecule has 0 atom stereocenters. The second-order valence-corrected chi connectivity index (χ2v) is 4.71. The maximum atomic E-state index is 8.95. The number of ether oxygens (including phenoxy) is 1. The Balaban J connectivity index is 2.25. The second kappa shape index (κ2) is 5.68. The van der Waals surface area contributed by atoms with E-state index < -0.39 is 0 Å². The maximum Gasteiger partial charge on any atom is 0.138 e. The van der Waals surface area contributed by atoms with Crippen molar-refractivity contribution >= 4 is 0 Å². The zero-order chi connectivity index (χ0) is 13.8. The third kappa shape index (κ3) is 3.21. The number of nitrogens with zero attached hydrogens (tertiary/aromatic N) is 3. The summed E-state index contributed by atoms with van der Waals surface area (Å²) in [4.78, 5) is 0. The molecule has 98 valence electrons. The highest BCUT2D eigenvalue weighted by Gasteiger charge is 2.07. The lowest BCUT2D eigenvalue weighted by atomic mass is 10.1. The van der Waals surface area contributed by atoms with Crippen LogP contribution in [0.1, 0.15) is 25.1 Å². The topological polar surface area (TPSA) is 50.8 Å². The van der Waals surface area contributed by atoms with Crippen LogP contribution in [-0.2, 0) is 18.4 Å². The molecule has 2 aromatic rings. The van der Waals surface area contributed by atoms with Gasteiger partial charge in [-0.05, 0) is 25.5 Å². The molecular formula is C15H17N3O. The number of aryl methyl sites for hydroxylation is 1. The number of aromatic nitrogens is 2. The SMILES string of the molecule is CC(C)OCc1cccc(-c2cc(C#N)n(C)n2)c1. The van der Waals surface area contributed by atoms with E-state index in [4.69, 9.17) is 10.00 Å². The fourth-order valence-corrected chi connectivity index (χ4v) is 1.80. The molecule has 19 heavy (non-hydrogen) atoms. The summed E-state index contributed by atoms with van der Waals surface area (Å²) < 4.78 is 7.18. The first-order valence-corrected chi connectivity index (χ1v) is 6.25. The molecule has 1 aromatic heterocycles. The van der Waals surface area contributed by atoms with Gasteiger partial charge >= 0.3 is 0 Å². The van der Waals surface area contributed by atoms with Gasteiger partial charge in [0.25, 0.3) is 0 Å². The van der Waals surface area contributed by atoms with Crippen LogP contribution in [0.25, 0.3) is 11.3 Å². The number of nitriles is 1. The van der Waals surface area contributed by atoms with Gasteiger partial charge < -0.3 is 4.74 Å². The highest BCUT2D eigenvalue weighted by Crippen LogP contribution is 2.20. The predicted octanol–water partition coefficient (Wildman–Crippen LogP) is 2.88. The molecule has 0 bridgehead atoms. The average Bonchev–Trinajstić information content (AvgIpc) is 2.78. The van der Waals surface area contributed by atoms with Gasteiger partial charge in [0, 0.05) is 18.7 Å². The molecule has 0 N–H and O–H groups in total. The minimum absolute atomic E-state index is 0.212. The fourth-order valence-electron chi connectivity index (χ4n) is 1.80. The van der Waals surface area contributed by atoms with Crippen molar-refractivity contribution in [3.05, 3.63) is 41.6 Å². The molecule has 0 spiro atoms. The van der Waals surface area contributed by atoms with Crippen molar-refractivity contribution in [3.63, 3.8) is 0 Å². The fraction of sp³-hybridized carbons (Fsp3) is 0.333. The molecule has 1 aromatic carbocycles. The van der Waals surface area contributed by atoms with E-state index >= 15 is 0 Å². The van der Waals surface area contributed by atoms with Crippen molar-refractivity contribution in [1.29, 1.82) is 5.26 Å². The zero-order valence-corrected chi connectivity index (χ0v) is 11.4. The molecule has 0 aliphatic rings. The molecule has 0 unspecified atom stereocenters. The van der Waals surface area contributed by atoms with Crippen molar-refractivity contribution in [2.75, 3.05) is 0 Å². The van der Waals surface area contributed by atoms with Gasteiger partial charge in [0.2, 0.25) is 0 Å². The van der Waals surface area contributed by atoms with Crippen LogP contribution in [0.15, 0.2) is 30.3 Å². The van der Waals surface area contributed by atoms with Crippen LogP contribution in [0.2, 0.25) is 0 Å². The van der Waals surface area contributed by atoms with Crippen molar-refractivity contribution in [2.45, 2.75) is 26.6 Å². The van der Waals surface area contributed by atoms with Crippen molar-refractivity contribution in [2.24, 2.45) is 7.05 Å². The first-order chi connectivity index (χ1) is 9.10. The lowest BCUT2D eigenvalue weighted by molar-refractivity contribution is 0.0657. The molecule has 4 heteroatoms. The quantitative estimate of drug-likeness (QED) is 0.844. The smallest absolute Gasteiger partial charge is 0.138 e. The van der Waals surface area contributed by atoms with Gasteiger partial charge in [-0.2, -0.15) is 10.4 Å². The number of rotatable bonds is 4. The van der Waals surface area contributed by atoms with Crippen LogP contribution in [-0.4, -0.2) is 15.9 Å². The highest BCUT2D eigenvalue weighted by atomic mass is 16.5. The molecule has 0 saturated carbocycles. The summed E-state index contributed by atoms with van der Waals surface area (Å²) in [5.41, 5.74) is 3.47. The van der Waals surface area contributed by atoms with Gasteiger partial charge in [-0.3, -0.25) is 4.68 Å². The molecule has 2 rings (SSSR count). The summed E-state index contributed by atoms with van der Waals surface area (Å²) in [6, 6.07) is 12.0. The Kier molecular flexibility index (Phi) is 3.98. The minimum Gasteiger partial charge on any atom is -0.374 e. The van der Waals surface area contributed by atoms with E-state index in [1.54, 1.807) is 17.8 Å². The standard InChI is InChI=1S/C15H17N3O/c1-11(2)19-10-12-5-4-6-13(7-12)15-8-14(9-16)18(3)17-15/h4-8,11H,10H2,1-3H3. The first kappa shape index (κ1) is 13.3. The van der Waals surface area contributed by atoms with Gasteiger partial charge in [0.15, 0.2) is 0 Å². The molecule has 0 aliphatic carbocycles. The Morgan fingerprint density at radius 2 is 2.16 bits per heavy atom.